The van der Waals surface area contributed by atoms with Crippen molar-refractivity contribution in [2.24, 2.45) is 0 Å². The monoisotopic (exact) mass is 352 g/mol. The summed E-state index contributed by atoms with van der Waals surface area (Å²) in [6.45, 7) is 1.73. The van der Waals surface area contributed by atoms with Crippen molar-refractivity contribution < 1.29 is 13.5 Å². The van der Waals surface area contributed by atoms with Gasteiger partial charge in [-0.25, -0.2) is 9.37 Å². The molecule has 0 saturated carbocycles. The largest absolute Gasteiger partial charge is 0.497 e. The van der Waals surface area contributed by atoms with Gasteiger partial charge in [-0.1, -0.05) is 18.2 Å². The number of hydrogen-bond donors (Lipinski definition) is 0. The van der Waals surface area contributed by atoms with E-state index in [1.165, 1.54) is 17.7 Å². The van der Waals surface area contributed by atoms with Gasteiger partial charge in [-0.3, -0.25) is 4.90 Å². The van der Waals surface area contributed by atoms with E-state index in [9.17, 15) is 4.39 Å². The van der Waals surface area contributed by atoms with Crippen molar-refractivity contribution >= 4 is 0 Å². The maximum Gasteiger partial charge on any atom is 0.226 e. The van der Waals surface area contributed by atoms with Gasteiger partial charge in [-0.05, 0) is 55.3 Å². The lowest BCUT2D eigenvalue weighted by Gasteiger charge is -2.24. The smallest absolute Gasteiger partial charge is 0.226 e. The lowest BCUT2D eigenvalue weighted by Crippen LogP contribution is -2.22. The van der Waals surface area contributed by atoms with Crippen molar-refractivity contribution in [3.63, 3.8) is 0 Å². The topological polar surface area (TPSA) is 38.5 Å². The maximum absolute atomic E-state index is 13.4. The Labute approximate surface area is 152 Å². The third-order valence-corrected chi connectivity index (χ3v) is 4.83. The zero-order chi connectivity index (χ0) is 17.9. The van der Waals surface area contributed by atoms with Crippen LogP contribution in [0.2, 0.25) is 0 Å². The number of rotatable bonds is 5. The highest BCUT2D eigenvalue weighted by Crippen LogP contribution is 2.34. The minimum absolute atomic E-state index is 0.292. The summed E-state index contributed by atoms with van der Waals surface area (Å²) in [7, 11) is 1.69. The van der Waals surface area contributed by atoms with E-state index in [0.29, 0.717) is 24.0 Å². The number of oxazole rings is 1. The van der Waals surface area contributed by atoms with Gasteiger partial charge >= 0.3 is 0 Å². The van der Waals surface area contributed by atoms with Gasteiger partial charge in [-0.15, -0.1) is 0 Å². The Morgan fingerprint density at radius 3 is 2.96 bits per heavy atom. The van der Waals surface area contributed by atoms with Gasteiger partial charge in [0.1, 0.15) is 17.8 Å². The highest BCUT2D eigenvalue weighted by molar-refractivity contribution is 5.52. The maximum atomic E-state index is 13.4. The summed E-state index contributed by atoms with van der Waals surface area (Å²) in [4.78, 5) is 6.95. The quantitative estimate of drug-likeness (QED) is 0.659. The average Bonchev–Trinajstić information content (AvgIpc) is 3.32. The number of benzene rings is 2. The number of halogens is 1. The number of methoxy groups -OCH3 is 1. The van der Waals surface area contributed by atoms with Crippen LogP contribution in [-0.2, 0) is 6.54 Å². The van der Waals surface area contributed by atoms with Gasteiger partial charge in [0.15, 0.2) is 0 Å². The fraction of sp³-hybridized carbons (Fsp3) is 0.286. The van der Waals surface area contributed by atoms with Crippen LogP contribution >= 0.6 is 0 Å². The predicted octanol–water partition coefficient (Wildman–Crippen LogP) is 4.83. The van der Waals surface area contributed by atoms with Crippen LogP contribution in [0.15, 0.2) is 59.2 Å². The van der Waals surface area contributed by atoms with E-state index in [1.807, 2.05) is 12.1 Å². The van der Waals surface area contributed by atoms with E-state index in [-0.39, 0.29) is 5.82 Å². The first kappa shape index (κ1) is 16.8. The summed E-state index contributed by atoms with van der Waals surface area (Å²) in [6, 6.07) is 14.9. The highest BCUT2D eigenvalue weighted by Gasteiger charge is 2.27. The molecule has 1 aliphatic heterocycles. The van der Waals surface area contributed by atoms with Crippen LogP contribution < -0.4 is 4.74 Å². The summed E-state index contributed by atoms with van der Waals surface area (Å²) < 4.78 is 24.3. The van der Waals surface area contributed by atoms with Gasteiger partial charge < -0.3 is 9.15 Å². The van der Waals surface area contributed by atoms with Crippen LogP contribution in [0.5, 0.6) is 5.75 Å². The molecular weight excluding hydrogens is 331 g/mol. The molecule has 0 radical (unpaired) electrons. The summed E-state index contributed by atoms with van der Waals surface area (Å²) in [6.07, 6.45) is 3.93. The molecule has 2 heterocycles. The molecule has 0 N–H and O–H groups in total. The van der Waals surface area contributed by atoms with Gasteiger partial charge in [0.2, 0.25) is 5.89 Å². The first-order chi connectivity index (χ1) is 12.7. The fourth-order valence-electron chi connectivity index (χ4n) is 3.58. The van der Waals surface area contributed by atoms with E-state index in [4.69, 9.17) is 9.15 Å². The Morgan fingerprint density at radius 2 is 2.12 bits per heavy atom. The lowest BCUT2D eigenvalue weighted by molar-refractivity contribution is 0.245. The van der Waals surface area contributed by atoms with Gasteiger partial charge in [0.25, 0.3) is 0 Å². The Bertz CT molecular complexity index is 893. The van der Waals surface area contributed by atoms with Crippen molar-refractivity contribution in [3.8, 4) is 17.2 Å². The highest BCUT2D eigenvalue weighted by atomic mass is 19.1. The molecule has 1 aromatic heterocycles. The number of hydrogen-bond acceptors (Lipinski definition) is 4. The summed E-state index contributed by atoms with van der Waals surface area (Å²) in [5.74, 6) is 1.04. The number of likely N-dealkylation sites (tertiary alicyclic amines) is 1. The van der Waals surface area contributed by atoms with Crippen LogP contribution in [0.25, 0.3) is 11.5 Å². The molecule has 26 heavy (non-hydrogen) atoms. The second-order valence-corrected chi connectivity index (χ2v) is 6.56. The SMILES string of the molecule is COc1cccc([C@@H]2CCCN2Cc2coc(-c3cccc(F)c3)n2)c1. The van der Waals surface area contributed by atoms with E-state index in [1.54, 1.807) is 25.5 Å². The molecule has 134 valence electrons. The molecular formula is C21H21FN2O2. The molecule has 4 rings (SSSR count). The van der Waals surface area contributed by atoms with Gasteiger partial charge in [-0.2, -0.15) is 0 Å². The first-order valence-corrected chi connectivity index (χ1v) is 8.81. The van der Waals surface area contributed by atoms with E-state index < -0.39 is 0 Å². The van der Waals surface area contributed by atoms with Crippen molar-refractivity contribution in [3.05, 3.63) is 71.9 Å². The Morgan fingerprint density at radius 1 is 1.23 bits per heavy atom. The van der Waals surface area contributed by atoms with Crippen LogP contribution in [0.4, 0.5) is 4.39 Å². The van der Waals surface area contributed by atoms with Crippen molar-refractivity contribution in [2.45, 2.75) is 25.4 Å². The third-order valence-electron chi connectivity index (χ3n) is 4.83. The second kappa shape index (κ2) is 7.30. The molecule has 0 aliphatic carbocycles. The van der Waals surface area contributed by atoms with Gasteiger partial charge in [0.05, 0.1) is 12.8 Å². The zero-order valence-electron chi connectivity index (χ0n) is 14.7. The Kier molecular flexibility index (Phi) is 4.71. The first-order valence-electron chi connectivity index (χ1n) is 8.81. The lowest BCUT2D eigenvalue weighted by atomic mass is 10.0. The third kappa shape index (κ3) is 3.48. The molecule has 0 spiro atoms. The molecule has 1 atom stereocenters. The Hall–Kier alpha value is -2.66. The molecule has 1 saturated heterocycles. The standard InChI is InChI=1S/C21H21FN2O2/c1-25-19-8-3-5-15(12-19)20-9-4-10-24(20)13-18-14-26-21(23-18)16-6-2-7-17(22)11-16/h2-3,5-8,11-12,14,20H,4,9-10,13H2,1H3/t20-/m0/s1. The number of ether oxygens (including phenoxy) is 1. The fourth-order valence-corrected chi connectivity index (χ4v) is 3.58. The molecule has 0 bridgehead atoms. The number of aromatic nitrogens is 1. The summed E-state index contributed by atoms with van der Waals surface area (Å²) in [5, 5.41) is 0. The summed E-state index contributed by atoms with van der Waals surface area (Å²) in [5.41, 5.74) is 2.77. The molecule has 2 aromatic carbocycles. The van der Waals surface area contributed by atoms with Crippen molar-refractivity contribution in [1.29, 1.82) is 0 Å². The second-order valence-electron chi connectivity index (χ2n) is 6.56. The minimum Gasteiger partial charge on any atom is -0.497 e. The molecule has 0 unspecified atom stereocenters. The predicted molar refractivity (Wildman–Crippen MR) is 97.3 cm³/mol. The van der Waals surface area contributed by atoms with Crippen LogP contribution in [0.3, 0.4) is 0 Å². The van der Waals surface area contributed by atoms with Crippen molar-refractivity contribution in [1.82, 2.24) is 9.88 Å². The molecule has 3 aromatic rings. The molecule has 5 heteroatoms. The minimum atomic E-state index is -0.292. The molecule has 4 nitrogen and oxygen atoms in total. The van der Waals surface area contributed by atoms with Crippen LogP contribution in [-0.4, -0.2) is 23.5 Å². The normalized spacial score (nSPS) is 17.5. The molecule has 1 aliphatic rings. The summed E-state index contributed by atoms with van der Waals surface area (Å²) >= 11 is 0. The molecule has 1 fully saturated rings. The Balaban J connectivity index is 1.51. The van der Waals surface area contributed by atoms with Crippen LogP contribution in [0, 0.1) is 5.82 Å². The zero-order valence-corrected chi connectivity index (χ0v) is 14.7. The van der Waals surface area contributed by atoms with Gasteiger partial charge in [0, 0.05) is 18.2 Å². The van der Waals surface area contributed by atoms with E-state index in [0.717, 1.165) is 30.8 Å². The van der Waals surface area contributed by atoms with E-state index >= 15 is 0 Å². The van der Waals surface area contributed by atoms with Crippen LogP contribution in [0.1, 0.15) is 30.1 Å². The van der Waals surface area contributed by atoms with E-state index in [2.05, 4.69) is 22.0 Å². The van der Waals surface area contributed by atoms with Crippen molar-refractivity contribution in [2.75, 3.05) is 13.7 Å². The molecule has 0 amide bonds. The number of nitrogens with zero attached hydrogens (tertiary/aromatic N) is 2. The average molecular weight is 352 g/mol.